The van der Waals surface area contributed by atoms with Crippen LogP contribution in [0.15, 0.2) is 22.7 Å². The number of amides is 1. The van der Waals surface area contributed by atoms with E-state index in [0.29, 0.717) is 23.7 Å². The number of β-amino-alcohol motifs (C(OH)–C–C–N with tert-alkyl or cyclic N) is 1. The van der Waals surface area contributed by atoms with Crippen LogP contribution in [0.3, 0.4) is 0 Å². The van der Waals surface area contributed by atoms with E-state index < -0.39 is 6.10 Å². The molecule has 0 saturated carbocycles. The molecular weight excluding hydrogens is 305 g/mol. The highest BCUT2D eigenvalue weighted by Gasteiger charge is 2.24. The summed E-state index contributed by atoms with van der Waals surface area (Å²) in [5.74, 6) is -0.116. The van der Waals surface area contributed by atoms with E-state index in [-0.39, 0.29) is 5.91 Å². The van der Waals surface area contributed by atoms with Gasteiger partial charge in [-0.15, -0.1) is 0 Å². The molecule has 1 N–H and O–H groups in total. The van der Waals surface area contributed by atoms with E-state index in [0.717, 1.165) is 17.3 Å². The van der Waals surface area contributed by atoms with Gasteiger partial charge in [0.05, 0.1) is 16.7 Å². The van der Waals surface area contributed by atoms with E-state index in [1.165, 1.54) is 0 Å². The van der Waals surface area contributed by atoms with Gasteiger partial charge in [0.15, 0.2) is 0 Å². The van der Waals surface area contributed by atoms with E-state index in [4.69, 9.17) is 11.6 Å². The zero-order chi connectivity index (χ0) is 12.4. The second-order valence-electron chi connectivity index (χ2n) is 4.17. The monoisotopic (exact) mass is 317 g/mol. The zero-order valence-electron chi connectivity index (χ0n) is 9.20. The summed E-state index contributed by atoms with van der Waals surface area (Å²) < 4.78 is 0.822. The fraction of sp³-hybridized carbons (Fsp3) is 0.417. The minimum Gasteiger partial charge on any atom is -0.391 e. The van der Waals surface area contributed by atoms with Crippen LogP contribution < -0.4 is 0 Å². The largest absolute Gasteiger partial charge is 0.391 e. The van der Waals surface area contributed by atoms with Gasteiger partial charge in [-0.2, -0.15) is 0 Å². The first kappa shape index (κ1) is 12.9. The highest BCUT2D eigenvalue weighted by atomic mass is 79.9. The molecular formula is C12H13BrClNO2. The highest BCUT2D eigenvalue weighted by Crippen LogP contribution is 2.23. The third-order valence-corrected chi connectivity index (χ3v) is 3.67. The lowest BCUT2D eigenvalue weighted by atomic mass is 10.1. The van der Waals surface area contributed by atoms with Crippen LogP contribution in [-0.4, -0.2) is 35.1 Å². The summed E-state index contributed by atoms with van der Waals surface area (Å²) in [6.45, 7) is 1.07. The van der Waals surface area contributed by atoms with E-state index in [2.05, 4.69) is 15.9 Å². The van der Waals surface area contributed by atoms with Gasteiger partial charge in [0.1, 0.15) is 0 Å². The summed E-state index contributed by atoms with van der Waals surface area (Å²) >= 11 is 9.34. The Kier molecular flexibility index (Phi) is 4.07. The maximum atomic E-state index is 12.2. The number of hydrogen-bond donors (Lipinski definition) is 1. The predicted molar refractivity (Wildman–Crippen MR) is 70.3 cm³/mol. The first-order valence-corrected chi connectivity index (χ1v) is 6.67. The lowest BCUT2D eigenvalue weighted by Gasteiger charge is -2.30. The van der Waals surface area contributed by atoms with Crippen LogP contribution in [0.5, 0.6) is 0 Å². The number of aliphatic hydroxyl groups is 1. The standard InChI is InChI=1S/C12H13BrClNO2/c13-8-3-4-11(14)10(6-8)12(17)15-5-1-2-9(16)7-15/h3-4,6,9,16H,1-2,5,7H2. The fourth-order valence-corrected chi connectivity index (χ4v) is 2.53. The summed E-state index contributed by atoms with van der Waals surface area (Å²) in [5.41, 5.74) is 0.482. The van der Waals surface area contributed by atoms with E-state index >= 15 is 0 Å². The number of carbonyl (C=O) groups is 1. The number of benzene rings is 1. The van der Waals surface area contributed by atoms with Gasteiger partial charge in [-0.1, -0.05) is 27.5 Å². The number of rotatable bonds is 1. The van der Waals surface area contributed by atoms with E-state index in [1.54, 1.807) is 23.1 Å². The number of nitrogens with zero attached hydrogens (tertiary/aromatic N) is 1. The van der Waals surface area contributed by atoms with Crippen LogP contribution in [-0.2, 0) is 0 Å². The summed E-state index contributed by atoms with van der Waals surface area (Å²) in [4.78, 5) is 13.9. The molecule has 1 saturated heterocycles. The normalized spacial score (nSPS) is 20.4. The molecule has 0 spiro atoms. The number of halogens is 2. The first-order chi connectivity index (χ1) is 8.08. The molecule has 1 amide bonds. The van der Waals surface area contributed by atoms with Crippen LogP contribution in [0, 0.1) is 0 Å². The molecule has 1 aromatic rings. The van der Waals surface area contributed by atoms with Gasteiger partial charge >= 0.3 is 0 Å². The van der Waals surface area contributed by atoms with Crippen molar-refractivity contribution in [3.8, 4) is 0 Å². The topological polar surface area (TPSA) is 40.5 Å². The molecule has 0 bridgehead atoms. The average molecular weight is 319 g/mol. The third-order valence-electron chi connectivity index (χ3n) is 2.84. The molecule has 2 rings (SSSR count). The van der Waals surface area contributed by atoms with E-state index in [9.17, 15) is 9.90 Å². The molecule has 5 heteroatoms. The highest BCUT2D eigenvalue weighted by molar-refractivity contribution is 9.10. The van der Waals surface area contributed by atoms with Crippen LogP contribution >= 0.6 is 27.5 Å². The van der Waals surface area contributed by atoms with Gasteiger partial charge in [0.2, 0.25) is 0 Å². The molecule has 1 fully saturated rings. The molecule has 0 radical (unpaired) electrons. The van der Waals surface area contributed by atoms with Gasteiger partial charge < -0.3 is 10.0 Å². The number of hydrogen-bond acceptors (Lipinski definition) is 2. The van der Waals surface area contributed by atoms with Crippen molar-refractivity contribution in [3.05, 3.63) is 33.3 Å². The van der Waals surface area contributed by atoms with Gasteiger partial charge in [0.25, 0.3) is 5.91 Å². The minimum atomic E-state index is -0.418. The number of piperidine rings is 1. The smallest absolute Gasteiger partial charge is 0.255 e. The summed E-state index contributed by atoms with van der Waals surface area (Å²) in [6, 6.07) is 5.20. The maximum Gasteiger partial charge on any atom is 0.255 e. The van der Waals surface area contributed by atoms with Crippen LogP contribution in [0.4, 0.5) is 0 Å². The number of carbonyl (C=O) groups excluding carboxylic acids is 1. The average Bonchev–Trinajstić information content (AvgIpc) is 2.31. The molecule has 1 aromatic carbocycles. The molecule has 1 aliphatic rings. The molecule has 92 valence electrons. The molecule has 1 heterocycles. The van der Waals surface area contributed by atoms with Gasteiger partial charge in [-0.05, 0) is 31.0 Å². The molecule has 0 aliphatic carbocycles. The van der Waals surface area contributed by atoms with Crippen molar-refractivity contribution < 1.29 is 9.90 Å². The van der Waals surface area contributed by atoms with Crippen molar-refractivity contribution in [2.75, 3.05) is 13.1 Å². The predicted octanol–water partition coefficient (Wildman–Crippen LogP) is 2.70. The molecule has 17 heavy (non-hydrogen) atoms. The van der Waals surface area contributed by atoms with Crippen LogP contribution in [0.2, 0.25) is 5.02 Å². The Bertz CT molecular complexity index is 439. The van der Waals surface area contributed by atoms with Crippen molar-refractivity contribution in [1.82, 2.24) is 4.90 Å². The van der Waals surface area contributed by atoms with Crippen molar-refractivity contribution >= 4 is 33.4 Å². The lowest BCUT2D eigenvalue weighted by Crippen LogP contribution is -2.42. The van der Waals surface area contributed by atoms with Crippen LogP contribution in [0.25, 0.3) is 0 Å². The van der Waals surface area contributed by atoms with Crippen molar-refractivity contribution in [2.24, 2.45) is 0 Å². The Morgan fingerprint density at radius 3 is 3.00 bits per heavy atom. The van der Waals surface area contributed by atoms with Crippen molar-refractivity contribution in [2.45, 2.75) is 18.9 Å². The Labute approximate surface area is 114 Å². The van der Waals surface area contributed by atoms with Gasteiger partial charge in [-0.3, -0.25) is 4.79 Å². The Morgan fingerprint density at radius 2 is 2.29 bits per heavy atom. The molecule has 3 nitrogen and oxygen atoms in total. The van der Waals surface area contributed by atoms with Gasteiger partial charge in [-0.25, -0.2) is 0 Å². The SMILES string of the molecule is O=C(c1cc(Br)ccc1Cl)N1CCCC(O)C1. The second-order valence-corrected chi connectivity index (χ2v) is 5.49. The lowest BCUT2D eigenvalue weighted by molar-refractivity contribution is 0.0474. The quantitative estimate of drug-likeness (QED) is 0.865. The minimum absolute atomic E-state index is 0.116. The molecule has 1 aliphatic heterocycles. The number of aliphatic hydroxyl groups excluding tert-OH is 1. The Balaban J connectivity index is 2.21. The summed E-state index contributed by atoms with van der Waals surface area (Å²) in [6.07, 6.45) is 1.17. The van der Waals surface area contributed by atoms with Gasteiger partial charge in [0, 0.05) is 17.6 Å². The van der Waals surface area contributed by atoms with Crippen LogP contribution in [0.1, 0.15) is 23.2 Å². The molecule has 0 aromatic heterocycles. The Hall–Kier alpha value is -0.580. The Morgan fingerprint density at radius 1 is 1.53 bits per heavy atom. The first-order valence-electron chi connectivity index (χ1n) is 5.50. The van der Waals surface area contributed by atoms with E-state index in [1.807, 2.05) is 0 Å². The third kappa shape index (κ3) is 3.00. The zero-order valence-corrected chi connectivity index (χ0v) is 11.5. The van der Waals surface area contributed by atoms with Crippen molar-refractivity contribution in [1.29, 1.82) is 0 Å². The molecule has 1 atom stereocenters. The summed E-state index contributed by atoms with van der Waals surface area (Å²) in [5, 5.41) is 10.0. The number of likely N-dealkylation sites (tertiary alicyclic amines) is 1. The summed E-state index contributed by atoms with van der Waals surface area (Å²) in [7, 11) is 0. The fourth-order valence-electron chi connectivity index (χ4n) is 1.97. The van der Waals surface area contributed by atoms with Crippen molar-refractivity contribution in [3.63, 3.8) is 0 Å². The second kappa shape index (κ2) is 5.38. The maximum absolute atomic E-state index is 12.2. The molecule has 1 unspecified atom stereocenters.